The maximum Gasteiger partial charge on any atom is 0.193 e. The Morgan fingerprint density at radius 2 is 2.03 bits per heavy atom. The van der Waals surface area contributed by atoms with E-state index in [0.717, 1.165) is 6.42 Å². The summed E-state index contributed by atoms with van der Waals surface area (Å²) in [5, 5.41) is 14.7. The predicted octanol–water partition coefficient (Wildman–Crippen LogP) is 3.74. The number of Topliss-reactive ketones (excluding diaryl/α,β-unsaturated/α-hetero) is 1. The highest BCUT2D eigenvalue weighted by molar-refractivity contribution is 6.01. The highest BCUT2D eigenvalue weighted by atomic mass is 19.1. The molecule has 0 aromatic carbocycles. The van der Waals surface area contributed by atoms with E-state index < -0.39 is 58.6 Å². The van der Waals surface area contributed by atoms with E-state index in [1.807, 2.05) is 27.7 Å². The number of halogens is 2. The third-order valence-electron chi connectivity index (χ3n) is 10.2. The first-order valence-corrected chi connectivity index (χ1v) is 14.0. The van der Waals surface area contributed by atoms with Gasteiger partial charge in [0.25, 0.3) is 0 Å². The number of carbonyl (C=O) groups is 2. The number of nitrogens with one attached hydrogen (secondary N) is 1. The van der Waals surface area contributed by atoms with Crippen LogP contribution in [-0.4, -0.2) is 72.0 Å². The van der Waals surface area contributed by atoms with Crippen molar-refractivity contribution in [3.05, 3.63) is 23.8 Å². The van der Waals surface area contributed by atoms with Crippen LogP contribution in [0.2, 0.25) is 0 Å². The Morgan fingerprint density at radius 3 is 2.71 bits per heavy atom. The molecule has 1 saturated heterocycles. The van der Waals surface area contributed by atoms with Crippen LogP contribution in [0.4, 0.5) is 8.78 Å². The van der Waals surface area contributed by atoms with E-state index in [9.17, 15) is 14.7 Å². The summed E-state index contributed by atoms with van der Waals surface area (Å²) in [6.45, 7) is 9.35. The van der Waals surface area contributed by atoms with Crippen molar-refractivity contribution in [3.63, 3.8) is 0 Å². The number of ether oxygens (including phenoxy) is 3. The van der Waals surface area contributed by atoms with Gasteiger partial charge in [-0.05, 0) is 70.1 Å². The van der Waals surface area contributed by atoms with Gasteiger partial charge in [0.15, 0.2) is 29.1 Å². The fraction of sp³-hybridized carbons (Fsp3) is 0.793. The summed E-state index contributed by atoms with van der Waals surface area (Å²) in [6, 6.07) is 0.181. The van der Waals surface area contributed by atoms with Gasteiger partial charge in [-0.25, -0.2) is 8.78 Å². The molecule has 1 unspecified atom stereocenters. The van der Waals surface area contributed by atoms with E-state index in [2.05, 4.69) is 5.32 Å². The lowest BCUT2D eigenvalue weighted by molar-refractivity contribution is -0.235. The minimum absolute atomic E-state index is 0.0546. The van der Waals surface area contributed by atoms with Crippen LogP contribution in [0.25, 0.3) is 0 Å². The van der Waals surface area contributed by atoms with Crippen LogP contribution in [-0.2, 0) is 23.8 Å². The molecular weight excluding hydrogens is 496 g/mol. The average molecular weight is 538 g/mol. The first-order chi connectivity index (χ1) is 17.8. The van der Waals surface area contributed by atoms with Crippen molar-refractivity contribution >= 4 is 11.6 Å². The highest BCUT2D eigenvalue weighted by Gasteiger charge is 2.79. The maximum atomic E-state index is 17.4. The summed E-state index contributed by atoms with van der Waals surface area (Å²) in [5.41, 5.74) is -6.05. The molecule has 1 heterocycles. The molecule has 10 atom stereocenters. The molecule has 0 bridgehead atoms. The van der Waals surface area contributed by atoms with Gasteiger partial charge in [-0.1, -0.05) is 26.3 Å². The van der Waals surface area contributed by atoms with Gasteiger partial charge in [-0.2, -0.15) is 0 Å². The van der Waals surface area contributed by atoms with Crippen molar-refractivity contribution in [2.24, 2.45) is 22.7 Å². The summed E-state index contributed by atoms with van der Waals surface area (Å²) in [6.07, 6.45) is 1.06. The van der Waals surface area contributed by atoms with Gasteiger partial charge >= 0.3 is 0 Å². The Kier molecular flexibility index (Phi) is 7.04. The van der Waals surface area contributed by atoms with Gasteiger partial charge in [0, 0.05) is 22.8 Å². The fourth-order valence-corrected chi connectivity index (χ4v) is 8.36. The largest absolute Gasteiger partial charge is 0.390 e. The smallest absolute Gasteiger partial charge is 0.193 e. The Labute approximate surface area is 223 Å². The number of aliphatic hydroxyl groups is 1. The molecule has 7 nitrogen and oxygen atoms in total. The summed E-state index contributed by atoms with van der Waals surface area (Å²) >= 11 is 0. The SMILES string of the molecule is CCCC1O[C@@H]2C[C@H]3[C@@H]4C[C@H](F)C5=CC(=O)C=C[C@]5(C)[C@@]4(F)[C@@H](O)C[C@]3(C)[C@]2(C(=O)COCNC(C)C)O1. The zero-order valence-electron chi connectivity index (χ0n) is 23.0. The number of allylic oxidation sites excluding steroid dienone is 4. The number of aliphatic hydroxyl groups excluding tert-OH is 1. The van der Waals surface area contributed by atoms with Crippen molar-refractivity contribution in [1.29, 1.82) is 0 Å². The van der Waals surface area contributed by atoms with Gasteiger partial charge in [0.2, 0.25) is 0 Å². The first kappa shape index (κ1) is 28.0. The molecule has 0 aromatic rings. The highest BCUT2D eigenvalue weighted by Crippen LogP contribution is 2.72. The molecule has 0 aromatic heterocycles. The van der Waals surface area contributed by atoms with Gasteiger partial charge in [-0.3, -0.25) is 14.9 Å². The van der Waals surface area contributed by atoms with Gasteiger partial charge in [-0.15, -0.1) is 0 Å². The second-order valence-corrected chi connectivity index (χ2v) is 12.6. The third-order valence-corrected chi connectivity index (χ3v) is 10.2. The quantitative estimate of drug-likeness (QED) is 0.360. The van der Waals surface area contributed by atoms with E-state index >= 15 is 8.78 Å². The molecule has 2 N–H and O–H groups in total. The molecule has 38 heavy (non-hydrogen) atoms. The number of fused-ring (bicyclic) bond motifs is 7. The third kappa shape index (κ3) is 3.68. The van der Waals surface area contributed by atoms with Crippen LogP contribution < -0.4 is 5.32 Å². The Hall–Kier alpha value is -1.52. The lowest BCUT2D eigenvalue weighted by Gasteiger charge is -2.63. The van der Waals surface area contributed by atoms with Crippen molar-refractivity contribution in [2.45, 2.75) is 109 Å². The second kappa shape index (κ2) is 9.54. The molecule has 1 aliphatic heterocycles. The molecule has 0 amide bonds. The van der Waals surface area contributed by atoms with E-state index in [-0.39, 0.29) is 49.4 Å². The topological polar surface area (TPSA) is 94.1 Å². The van der Waals surface area contributed by atoms with Crippen LogP contribution in [0.5, 0.6) is 0 Å². The standard InChI is InChI=1S/C29H41F2NO6/c1-6-7-25-37-24-12-18-19-11-21(30)20-10-17(33)8-9-26(20,4)28(19,31)22(34)13-27(18,5)29(24,38-25)23(35)14-36-15-32-16(2)3/h8-10,16,18-19,21-22,24-25,32,34H,6-7,11-15H2,1-5H3/t18-,19-,21-,22-,24+,25?,26-,27-,28-,29+/m0/s1. The molecule has 3 saturated carbocycles. The van der Waals surface area contributed by atoms with Crippen LogP contribution in [0.15, 0.2) is 23.8 Å². The van der Waals surface area contributed by atoms with Gasteiger partial charge < -0.3 is 19.3 Å². The first-order valence-electron chi connectivity index (χ1n) is 14.0. The number of hydrogen-bond donors (Lipinski definition) is 2. The van der Waals surface area contributed by atoms with E-state index in [4.69, 9.17) is 14.2 Å². The van der Waals surface area contributed by atoms with Crippen LogP contribution in [0.3, 0.4) is 0 Å². The summed E-state index contributed by atoms with van der Waals surface area (Å²) in [4.78, 5) is 26.0. The monoisotopic (exact) mass is 537 g/mol. The fourth-order valence-electron chi connectivity index (χ4n) is 8.36. The summed E-state index contributed by atoms with van der Waals surface area (Å²) in [5.74, 6) is -2.06. The van der Waals surface area contributed by atoms with E-state index in [0.29, 0.717) is 12.8 Å². The molecule has 4 aliphatic carbocycles. The van der Waals surface area contributed by atoms with Gasteiger partial charge in [0.1, 0.15) is 12.8 Å². The zero-order chi connectivity index (χ0) is 27.7. The van der Waals surface area contributed by atoms with Gasteiger partial charge in [0.05, 0.1) is 18.9 Å². The Bertz CT molecular complexity index is 1050. The second-order valence-electron chi connectivity index (χ2n) is 12.6. The number of carbonyl (C=O) groups excluding carboxylic acids is 2. The molecule has 5 aliphatic rings. The molecule has 5 rings (SSSR count). The van der Waals surface area contributed by atoms with Crippen LogP contribution in [0, 0.1) is 22.7 Å². The lowest BCUT2D eigenvalue weighted by atomic mass is 9.44. The van der Waals surface area contributed by atoms with Crippen molar-refractivity contribution in [2.75, 3.05) is 13.3 Å². The summed E-state index contributed by atoms with van der Waals surface area (Å²) < 4.78 is 51.6. The molecule has 0 spiro atoms. The number of alkyl halides is 2. The zero-order valence-corrected chi connectivity index (χ0v) is 23.0. The number of rotatable bonds is 8. The summed E-state index contributed by atoms with van der Waals surface area (Å²) in [7, 11) is 0. The molecular formula is C29H41F2NO6. The van der Waals surface area contributed by atoms with E-state index in [1.165, 1.54) is 18.2 Å². The number of ketones is 2. The lowest BCUT2D eigenvalue weighted by Crippen LogP contribution is -2.71. The molecule has 4 fully saturated rings. The van der Waals surface area contributed by atoms with Crippen LogP contribution >= 0.6 is 0 Å². The minimum Gasteiger partial charge on any atom is -0.390 e. The van der Waals surface area contributed by atoms with Crippen molar-refractivity contribution in [3.8, 4) is 0 Å². The normalized spacial score (nSPS) is 47.4. The molecule has 0 radical (unpaired) electrons. The number of hydrogen-bond acceptors (Lipinski definition) is 7. The average Bonchev–Trinajstić information content (AvgIpc) is 3.32. The molecule has 212 valence electrons. The minimum atomic E-state index is -2.22. The molecule has 9 heteroatoms. The van der Waals surface area contributed by atoms with E-state index in [1.54, 1.807) is 6.92 Å². The van der Waals surface area contributed by atoms with Crippen LogP contribution in [0.1, 0.15) is 66.7 Å². The van der Waals surface area contributed by atoms with Crippen molar-refractivity contribution in [1.82, 2.24) is 5.32 Å². The predicted molar refractivity (Wildman–Crippen MR) is 135 cm³/mol. The Morgan fingerprint density at radius 1 is 1.29 bits per heavy atom. The Balaban J connectivity index is 1.53. The van der Waals surface area contributed by atoms with Crippen molar-refractivity contribution < 1.29 is 37.7 Å². The maximum absolute atomic E-state index is 17.4.